The monoisotopic (exact) mass is 183 g/mol. The second-order valence-corrected chi connectivity index (χ2v) is 2.57. The van der Waals surface area contributed by atoms with Gasteiger partial charge in [-0.3, -0.25) is 4.79 Å². The topological polar surface area (TPSA) is 49.3 Å². The van der Waals surface area contributed by atoms with Gasteiger partial charge in [-0.05, 0) is 12.1 Å². The zero-order valence-corrected chi connectivity index (χ0v) is 7.17. The number of anilines is 1. The first kappa shape index (κ1) is 9.51. The molecule has 0 atom stereocenters. The van der Waals surface area contributed by atoms with Crippen LogP contribution in [-0.2, 0) is 4.79 Å². The minimum atomic E-state index is -0.637. The second kappa shape index (κ2) is 3.89. The molecule has 1 rings (SSSR count). The van der Waals surface area contributed by atoms with E-state index in [9.17, 15) is 9.18 Å². The summed E-state index contributed by atoms with van der Waals surface area (Å²) in [6.45, 7) is 1.67. The number of halogens is 1. The number of aromatic hydroxyl groups is 1. The standard InChI is InChI=1S/C9H10FNO2/c1-2-9(13)11-8-4-3-6(12)5-7(8)10/h3-5,12H,2H2,1H3,(H,11,13). The maximum Gasteiger partial charge on any atom is 0.224 e. The molecule has 0 unspecified atom stereocenters. The molecule has 1 aromatic rings. The number of nitrogens with one attached hydrogen (secondary N) is 1. The summed E-state index contributed by atoms with van der Waals surface area (Å²) in [6.07, 6.45) is 0.292. The third-order valence-corrected chi connectivity index (χ3v) is 1.55. The van der Waals surface area contributed by atoms with Crippen LogP contribution in [0.25, 0.3) is 0 Å². The van der Waals surface area contributed by atoms with Crippen molar-refractivity contribution in [2.75, 3.05) is 5.32 Å². The van der Waals surface area contributed by atoms with Crippen LogP contribution in [0.5, 0.6) is 5.75 Å². The summed E-state index contributed by atoms with van der Waals surface area (Å²) in [5.74, 6) is -1.06. The zero-order chi connectivity index (χ0) is 9.84. The van der Waals surface area contributed by atoms with Crippen LogP contribution in [0.2, 0.25) is 0 Å². The van der Waals surface area contributed by atoms with Crippen LogP contribution in [0, 0.1) is 5.82 Å². The Morgan fingerprint density at radius 1 is 1.62 bits per heavy atom. The van der Waals surface area contributed by atoms with E-state index in [0.29, 0.717) is 6.42 Å². The van der Waals surface area contributed by atoms with Crippen molar-refractivity contribution in [2.24, 2.45) is 0 Å². The van der Waals surface area contributed by atoms with Gasteiger partial charge >= 0.3 is 0 Å². The molecule has 0 spiro atoms. The van der Waals surface area contributed by atoms with E-state index < -0.39 is 5.82 Å². The van der Waals surface area contributed by atoms with Crippen molar-refractivity contribution < 1.29 is 14.3 Å². The van der Waals surface area contributed by atoms with Crippen molar-refractivity contribution in [3.8, 4) is 5.75 Å². The van der Waals surface area contributed by atoms with E-state index in [1.807, 2.05) is 0 Å². The largest absolute Gasteiger partial charge is 0.508 e. The molecule has 0 aliphatic heterocycles. The lowest BCUT2D eigenvalue weighted by Gasteiger charge is -2.04. The van der Waals surface area contributed by atoms with Gasteiger partial charge in [0.1, 0.15) is 11.6 Å². The molecule has 0 saturated carbocycles. The summed E-state index contributed by atoms with van der Waals surface area (Å²) in [5.41, 5.74) is 0.0876. The van der Waals surface area contributed by atoms with Gasteiger partial charge < -0.3 is 10.4 Å². The van der Waals surface area contributed by atoms with Crippen LogP contribution in [0.4, 0.5) is 10.1 Å². The Labute approximate surface area is 75.2 Å². The van der Waals surface area contributed by atoms with Crippen molar-refractivity contribution in [2.45, 2.75) is 13.3 Å². The Kier molecular flexibility index (Phi) is 2.84. The second-order valence-electron chi connectivity index (χ2n) is 2.57. The number of rotatable bonds is 2. The molecule has 0 radical (unpaired) electrons. The van der Waals surface area contributed by atoms with Crippen LogP contribution in [0.1, 0.15) is 13.3 Å². The van der Waals surface area contributed by atoms with Crippen LogP contribution >= 0.6 is 0 Å². The van der Waals surface area contributed by atoms with Crippen LogP contribution in [0.3, 0.4) is 0 Å². The SMILES string of the molecule is CCC(=O)Nc1ccc(O)cc1F. The fourth-order valence-electron chi connectivity index (χ4n) is 0.844. The van der Waals surface area contributed by atoms with E-state index in [-0.39, 0.29) is 17.3 Å². The van der Waals surface area contributed by atoms with Gasteiger partial charge in [-0.1, -0.05) is 6.92 Å². The van der Waals surface area contributed by atoms with Gasteiger partial charge in [0, 0.05) is 12.5 Å². The summed E-state index contributed by atoms with van der Waals surface area (Å²) in [7, 11) is 0. The highest BCUT2D eigenvalue weighted by Gasteiger charge is 2.05. The van der Waals surface area contributed by atoms with Crippen molar-refractivity contribution in [3.63, 3.8) is 0 Å². The molecule has 0 aliphatic carbocycles. The van der Waals surface area contributed by atoms with Crippen molar-refractivity contribution in [1.82, 2.24) is 0 Å². The van der Waals surface area contributed by atoms with Gasteiger partial charge in [-0.15, -0.1) is 0 Å². The fraction of sp³-hybridized carbons (Fsp3) is 0.222. The molecule has 0 aliphatic rings. The van der Waals surface area contributed by atoms with Gasteiger partial charge in [0.15, 0.2) is 0 Å². The predicted octanol–water partition coefficient (Wildman–Crippen LogP) is 1.88. The molecule has 0 bridgehead atoms. The lowest BCUT2D eigenvalue weighted by molar-refractivity contribution is -0.115. The van der Waals surface area contributed by atoms with Gasteiger partial charge in [-0.2, -0.15) is 0 Å². The molecule has 1 amide bonds. The number of phenols is 1. The van der Waals surface area contributed by atoms with Gasteiger partial charge in [0.2, 0.25) is 5.91 Å². The van der Waals surface area contributed by atoms with E-state index in [1.165, 1.54) is 12.1 Å². The third-order valence-electron chi connectivity index (χ3n) is 1.55. The highest BCUT2D eigenvalue weighted by molar-refractivity contribution is 5.90. The van der Waals surface area contributed by atoms with Gasteiger partial charge in [-0.25, -0.2) is 4.39 Å². The highest BCUT2D eigenvalue weighted by atomic mass is 19.1. The quantitative estimate of drug-likeness (QED) is 0.688. The molecular formula is C9H10FNO2. The van der Waals surface area contributed by atoms with E-state index in [2.05, 4.69) is 5.32 Å². The molecule has 4 heteroatoms. The molecule has 0 fully saturated rings. The Morgan fingerprint density at radius 3 is 2.85 bits per heavy atom. The number of hydrogen-bond acceptors (Lipinski definition) is 2. The first-order chi connectivity index (χ1) is 6.13. The highest BCUT2D eigenvalue weighted by Crippen LogP contribution is 2.19. The molecule has 70 valence electrons. The molecule has 0 heterocycles. The molecule has 0 saturated heterocycles. The molecule has 1 aromatic carbocycles. The van der Waals surface area contributed by atoms with Crippen LogP contribution in [0.15, 0.2) is 18.2 Å². The first-order valence-electron chi connectivity index (χ1n) is 3.92. The van der Waals surface area contributed by atoms with Crippen LogP contribution in [-0.4, -0.2) is 11.0 Å². The molecule has 0 aromatic heterocycles. The Bertz CT molecular complexity index is 325. The number of benzene rings is 1. The minimum absolute atomic E-state index is 0.0876. The maximum absolute atomic E-state index is 13.0. The van der Waals surface area contributed by atoms with Gasteiger partial charge in [0.25, 0.3) is 0 Å². The number of phenolic OH excluding ortho intramolecular Hbond substituents is 1. The Hall–Kier alpha value is -1.58. The zero-order valence-electron chi connectivity index (χ0n) is 7.17. The normalized spacial score (nSPS) is 9.69. The van der Waals surface area contributed by atoms with Crippen LogP contribution < -0.4 is 5.32 Å². The number of amides is 1. The average Bonchev–Trinajstić information content (AvgIpc) is 2.09. The van der Waals surface area contributed by atoms with Crippen molar-refractivity contribution in [3.05, 3.63) is 24.0 Å². The smallest absolute Gasteiger partial charge is 0.224 e. The van der Waals surface area contributed by atoms with E-state index in [1.54, 1.807) is 6.92 Å². The van der Waals surface area contributed by atoms with E-state index in [0.717, 1.165) is 6.07 Å². The number of hydrogen-bond donors (Lipinski definition) is 2. The summed E-state index contributed by atoms with van der Waals surface area (Å²) in [5, 5.41) is 11.2. The van der Waals surface area contributed by atoms with Gasteiger partial charge in [0.05, 0.1) is 5.69 Å². The Morgan fingerprint density at radius 2 is 2.31 bits per heavy atom. The summed E-state index contributed by atoms with van der Waals surface area (Å²) < 4.78 is 13.0. The Balaban J connectivity index is 2.83. The van der Waals surface area contributed by atoms with Crippen molar-refractivity contribution >= 4 is 11.6 Å². The average molecular weight is 183 g/mol. The number of carbonyl (C=O) groups excluding carboxylic acids is 1. The third kappa shape index (κ3) is 2.43. The summed E-state index contributed by atoms with van der Waals surface area (Å²) in [6, 6.07) is 3.58. The molecular weight excluding hydrogens is 173 g/mol. The van der Waals surface area contributed by atoms with E-state index in [4.69, 9.17) is 5.11 Å². The first-order valence-corrected chi connectivity index (χ1v) is 3.92. The molecule has 13 heavy (non-hydrogen) atoms. The molecule has 3 nitrogen and oxygen atoms in total. The fourth-order valence-corrected chi connectivity index (χ4v) is 0.844. The lowest BCUT2D eigenvalue weighted by atomic mass is 10.3. The lowest BCUT2D eigenvalue weighted by Crippen LogP contribution is -2.10. The minimum Gasteiger partial charge on any atom is -0.508 e. The van der Waals surface area contributed by atoms with Crippen molar-refractivity contribution in [1.29, 1.82) is 0 Å². The maximum atomic E-state index is 13.0. The summed E-state index contributed by atoms with van der Waals surface area (Å²) in [4.78, 5) is 10.9. The van der Waals surface area contributed by atoms with E-state index >= 15 is 0 Å². The summed E-state index contributed by atoms with van der Waals surface area (Å²) >= 11 is 0. The predicted molar refractivity (Wildman–Crippen MR) is 47.0 cm³/mol. The number of carbonyl (C=O) groups is 1. The molecule has 2 N–H and O–H groups in total.